The Morgan fingerprint density at radius 2 is 1.07 bits per heavy atom. The molecule has 0 amide bonds. The van der Waals surface area contributed by atoms with Gasteiger partial charge in [-0.1, -0.05) is 72.3 Å². The quantitative estimate of drug-likeness (QED) is 0.408. The van der Waals surface area contributed by atoms with Gasteiger partial charge in [0.15, 0.2) is 0 Å². The first-order chi connectivity index (χ1) is 14.3. The number of halogens is 2. The van der Waals surface area contributed by atoms with E-state index >= 15 is 0 Å². The molecule has 0 aliphatic heterocycles. The molecule has 0 heterocycles. The highest BCUT2D eigenvalue weighted by Crippen LogP contribution is 2.59. The number of benzene rings is 4. The maximum atomic E-state index is 6.71. The lowest BCUT2D eigenvalue weighted by Gasteiger charge is -2.28. The van der Waals surface area contributed by atoms with E-state index in [1.54, 1.807) is 7.11 Å². The van der Waals surface area contributed by atoms with E-state index in [9.17, 15) is 0 Å². The SMILES string of the molecule is COc1cccc(Cl)c1C[P+](c1ccccc1)(c1ccccc1)c1ccccc1.[Cl-]. The zero-order chi connectivity index (χ0) is 20.1. The minimum Gasteiger partial charge on any atom is -1.00 e. The zero-order valence-electron chi connectivity index (χ0n) is 16.7. The van der Waals surface area contributed by atoms with Gasteiger partial charge in [-0.15, -0.1) is 0 Å². The van der Waals surface area contributed by atoms with Crippen molar-refractivity contribution in [2.45, 2.75) is 6.16 Å². The molecule has 30 heavy (non-hydrogen) atoms. The van der Waals surface area contributed by atoms with Gasteiger partial charge in [0.1, 0.15) is 35.1 Å². The molecule has 0 aliphatic carbocycles. The van der Waals surface area contributed by atoms with Crippen molar-refractivity contribution in [3.05, 3.63) is 120 Å². The highest BCUT2D eigenvalue weighted by atomic mass is 35.5. The Kier molecular flexibility index (Phi) is 7.56. The van der Waals surface area contributed by atoms with Crippen molar-refractivity contribution in [2.75, 3.05) is 7.11 Å². The molecule has 0 saturated heterocycles. The van der Waals surface area contributed by atoms with Gasteiger partial charge in [-0.3, -0.25) is 0 Å². The molecular formula is C26H23Cl2OP. The van der Waals surface area contributed by atoms with Crippen LogP contribution in [0.25, 0.3) is 0 Å². The smallest absolute Gasteiger partial charge is 0.127 e. The molecular weight excluding hydrogens is 430 g/mol. The van der Waals surface area contributed by atoms with Crippen molar-refractivity contribution < 1.29 is 17.1 Å². The van der Waals surface area contributed by atoms with Crippen LogP contribution in [0.1, 0.15) is 5.56 Å². The second-order valence-electron chi connectivity index (χ2n) is 6.90. The van der Waals surface area contributed by atoms with Gasteiger partial charge in [0.05, 0.1) is 17.7 Å². The van der Waals surface area contributed by atoms with Gasteiger partial charge in [-0.05, 0) is 48.5 Å². The standard InChI is InChI=1S/C26H23ClOP.ClH/c1-28-26-19-11-18-25(27)24(26)20-29(21-12-5-2-6-13-21,22-14-7-3-8-15-22)23-16-9-4-10-17-23;/h2-19H,20H2,1H3;1H/q+1;/p-1. The van der Waals surface area contributed by atoms with Crippen LogP contribution < -0.4 is 33.1 Å². The van der Waals surface area contributed by atoms with Crippen LogP contribution in [0.15, 0.2) is 109 Å². The van der Waals surface area contributed by atoms with E-state index < -0.39 is 7.26 Å². The first kappa shape index (κ1) is 22.4. The summed E-state index contributed by atoms with van der Waals surface area (Å²) in [6, 6.07) is 38.3. The summed E-state index contributed by atoms with van der Waals surface area (Å²) in [5, 5.41) is 4.75. The maximum Gasteiger partial charge on any atom is 0.127 e. The van der Waals surface area contributed by atoms with Crippen LogP contribution in [-0.4, -0.2) is 7.11 Å². The summed E-state index contributed by atoms with van der Waals surface area (Å²) in [7, 11) is -0.296. The monoisotopic (exact) mass is 452 g/mol. The molecule has 0 spiro atoms. The van der Waals surface area contributed by atoms with Crippen LogP contribution in [-0.2, 0) is 6.16 Å². The summed E-state index contributed by atoms with van der Waals surface area (Å²) in [6.07, 6.45) is 0.799. The zero-order valence-corrected chi connectivity index (χ0v) is 19.1. The van der Waals surface area contributed by atoms with Crippen LogP contribution in [0.5, 0.6) is 5.75 Å². The highest BCUT2D eigenvalue weighted by molar-refractivity contribution is 7.95. The minimum atomic E-state index is -2.01. The van der Waals surface area contributed by atoms with Crippen LogP contribution >= 0.6 is 18.9 Å². The van der Waals surface area contributed by atoms with Crippen molar-refractivity contribution in [1.82, 2.24) is 0 Å². The highest BCUT2D eigenvalue weighted by Gasteiger charge is 2.46. The van der Waals surface area contributed by atoms with Gasteiger partial charge in [0.2, 0.25) is 0 Å². The van der Waals surface area contributed by atoms with Crippen molar-refractivity contribution in [1.29, 1.82) is 0 Å². The molecule has 4 rings (SSSR count). The normalized spacial score (nSPS) is 10.9. The fourth-order valence-corrected chi connectivity index (χ4v) is 8.50. The van der Waals surface area contributed by atoms with Crippen LogP contribution in [0.4, 0.5) is 0 Å². The molecule has 0 N–H and O–H groups in total. The molecule has 0 unspecified atom stereocenters. The van der Waals surface area contributed by atoms with E-state index in [0.717, 1.165) is 22.5 Å². The summed E-state index contributed by atoms with van der Waals surface area (Å²) in [4.78, 5) is 0. The van der Waals surface area contributed by atoms with E-state index in [1.807, 2.05) is 18.2 Å². The van der Waals surface area contributed by atoms with Gasteiger partial charge in [0.25, 0.3) is 0 Å². The molecule has 4 heteroatoms. The summed E-state index contributed by atoms with van der Waals surface area (Å²) in [5.41, 5.74) is 1.06. The third-order valence-corrected chi connectivity index (χ3v) is 9.97. The Morgan fingerprint density at radius 1 is 0.633 bits per heavy atom. The van der Waals surface area contributed by atoms with E-state index in [-0.39, 0.29) is 12.4 Å². The summed E-state index contributed by atoms with van der Waals surface area (Å²) in [5.74, 6) is 0.838. The Bertz CT molecular complexity index is 973. The Labute approximate surface area is 190 Å². The van der Waals surface area contributed by atoms with Crippen molar-refractivity contribution in [3.8, 4) is 5.75 Å². The third kappa shape index (κ3) is 4.25. The van der Waals surface area contributed by atoms with Crippen molar-refractivity contribution in [2.24, 2.45) is 0 Å². The largest absolute Gasteiger partial charge is 1.00 e. The van der Waals surface area contributed by atoms with Gasteiger partial charge in [-0.2, -0.15) is 0 Å². The molecule has 0 bridgehead atoms. The summed E-state index contributed by atoms with van der Waals surface area (Å²) in [6.45, 7) is 0. The van der Waals surface area contributed by atoms with E-state index in [4.69, 9.17) is 16.3 Å². The number of methoxy groups -OCH3 is 1. The first-order valence-corrected chi connectivity index (χ1v) is 12.0. The Morgan fingerprint density at radius 3 is 1.47 bits per heavy atom. The summed E-state index contributed by atoms with van der Waals surface area (Å²) >= 11 is 6.71. The second-order valence-corrected chi connectivity index (χ2v) is 10.8. The van der Waals surface area contributed by atoms with E-state index in [1.165, 1.54) is 15.9 Å². The molecule has 0 aliphatic rings. The van der Waals surface area contributed by atoms with Gasteiger partial charge < -0.3 is 17.1 Å². The Hall–Kier alpha value is -2.31. The lowest BCUT2D eigenvalue weighted by molar-refractivity contribution is -0.00000583. The fourth-order valence-electron chi connectivity index (χ4n) is 3.89. The minimum absolute atomic E-state index is 0. The summed E-state index contributed by atoms with van der Waals surface area (Å²) < 4.78 is 5.71. The van der Waals surface area contributed by atoms with E-state index in [2.05, 4.69) is 91.0 Å². The van der Waals surface area contributed by atoms with Gasteiger partial charge in [-0.25, -0.2) is 0 Å². The Balaban J connectivity index is 0.00000256. The molecule has 4 aromatic carbocycles. The molecule has 0 saturated carbocycles. The number of hydrogen-bond donors (Lipinski definition) is 0. The number of rotatable bonds is 6. The predicted octanol–water partition coefficient (Wildman–Crippen LogP) is 2.85. The first-order valence-electron chi connectivity index (χ1n) is 9.62. The lowest BCUT2D eigenvalue weighted by Crippen LogP contribution is -3.00. The average molecular weight is 453 g/mol. The number of ether oxygens (including phenoxy) is 1. The molecule has 152 valence electrons. The molecule has 1 nitrogen and oxygen atoms in total. The number of hydrogen-bond acceptors (Lipinski definition) is 1. The predicted molar refractivity (Wildman–Crippen MR) is 127 cm³/mol. The molecule has 0 atom stereocenters. The second kappa shape index (κ2) is 10.1. The third-order valence-electron chi connectivity index (χ3n) is 5.28. The van der Waals surface area contributed by atoms with Crippen LogP contribution in [0, 0.1) is 0 Å². The average Bonchev–Trinajstić information content (AvgIpc) is 2.80. The van der Waals surface area contributed by atoms with Crippen molar-refractivity contribution in [3.63, 3.8) is 0 Å². The van der Waals surface area contributed by atoms with E-state index in [0.29, 0.717) is 0 Å². The van der Waals surface area contributed by atoms with Gasteiger partial charge in [0, 0.05) is 0 Å². The molecule has 0 radical (unpaired) electrons. The molecule has 4 aromatic rings. The maximum absolute atomic E-state index is 6.71. The topological polar surface area (TPSA) is 9.23 Å². The van der Waals surface area contributed by atoms with Crippen LogP contribution in [0.3, 0.4) is 0 Å². The molecule has 0 fully saturated rings. The lowest BCUT2D eigenvalue weighted by atomic mass is 10.2. The fraction of sp³-hybridized carbons (Fsp3) is 0.0769. The van der Waals surface area contributed by atoms with Crippen molar-refractivity contribution >= 4 is 34.8 Å². The van der Waals surface area contributed by atoms with Gasteiger partial charge >= 0.3 is 0 Å². The molecule has 0 aromatic heterocycles. The van der Waals surface area contributed by atoms with Crippen LogP contribution in [0.2, 0.25) is 5.02 Å².